The predicted molar refractivity (Wildman–Crippen MR) is 98.4 cm³/mol. The van der Waals surface area contributed by atoms with E-state index < -0.39 is 0 Å². The molecule has 0 saturated heterocycles. The van der Waals surface area contributed by atoms with Gasteiger partial charge in [0.1, 0.15) is 11.4 Å². The molecule has 0 aliphatic rings. The summed E-state index contributed by atoms with van der Waals surface area (Å²) in [4.78, 5) is 12.2. The summed E-state index contributed by atoms with van der Waals surface area (Å²) in [7, 11) is 0. The number of aryl methyl sites for hydroxylation is 1. The Balaban J connectivity index is 1.54. The van der Waals surface area contributed by atoms with Crippen molar-refractivity contribution in [1.29, 1.82) is 0 Å². The molecular weight excluding hydrogens is 377 g/mol. The van der Waals surface area contributed by atoms with E-state index in [1.54, 1.807) is 35.1 Å². The molecule has 0 fully saturated rings. The van der Waals surface area contributed by atoms with Crippen molar-refractivity contribution in [3.8, 4) is 5.75 Å². The van der Waals surface area contributed by atoms with Crippen LogP contribution < -0.4 is 10.1 Å². The number of halogens is 2. The van der Waals surface area contributed by atoms with Crippen LogP contribution in [0.25, 0.3) is 0 Å². The molecule has 136 valence electrons. The number of nitrogens with zero attached hydrogens (tertiary/aromatic N) is 4. The zero-order valence-electron chi connectivity index (χ0n) is 14.0. The van der Waals surface area contributed by atoms with Crippen LogP contribution in [-0.2, 0) is 19.8 Å². The maximum Gasteiger partial charge on any atom is 0.272 e. The number of rotatable bonds is 7. The zero-order chi connectivity index (χ0) is 18.5. The molecule has 1 amide bonds. The van der Waals surface area contributed by atoms with Gasteiger partial charge in [0, 0.05) is 24.0 Å². The number of carbonyl (C=O) groups is 1. The molecule has 2 heterocycles. The highest BCUT2D eigenvalue weighted by molar-refractivity contribution is 6.35. The molecule has 3 rings (SSSR count). The molecule has 0 radical (unpaired) electrons. The third-order valence-electron chi connectivity index (χ3n) is 3.57. The maximum atomic E-state index is 12.2. The molecule has 9 heteroatoms. The van der Waals surface area contributed by atoms with Crippen LogP contribution in [0.1, 0.15) is 23.1 Å². The van der Waals surface area contributed by atoms with E-state index in [9.17, 15) is 4.79 Å². The van der Waals surface area contributed by atoms with E-state index >= 15 is 0 Å². The highest BCUT2D eigenvalue weighted by atomic mass is 35.5. The van der Waals surface area contributed by atoms with Crippen LogP contribution >= 0.6 is 23.2 Å². The number of nitrogens with one attached hydrogen (secondary N) is 1. The summed E-state index contributed by atoms with van der Waals surface area (Å²) >= 11 is 11.9. The summed E-state index contributed by atoms with van der Waals surface area (Å²) in [6.07, 6.45) is 3.53. The molecule has 0 unspecified atom stereocenters. The molecule has 0 bridgehead atoms. The van der Waals surface area contributed by atoms with Crippen molar-refractivity contribution in [2.45, 2.75) is 26.7 Å². The van der Waals surface area contributed by atoms with Gasteiger partial charge in [-0.2, -0.15) is 10.2 Å². The fourth-order valence-electron chi connectivity index (χ4n) is 2.22. The molecule has 0 saturated carbocycles. The largest absolute Gasteiger partial charge is 0.470 e. The summed E-state index contributed by atoms with van der Waals surface area (Å²) in [6.45, 7) is 3.25. The highest BCUT2D eigenvalue weighted by Gasteiger charge is 2.10. The first-order chi connectivity index (χ1) is 12.5. The van der Waals surface area contributed by atoms with Crippen molar-refractivity contribution in [2.24, 2.45) is 0 Å². The van der Waals surface area contributed by atoms with Gasteiger partial charge in [-0.25, -0.2) is 4.68 Å². The van der Waals surface area contributed by atoms with E-state index in [1.165, 1.54) is 4.68 Å². The Morgan fingerprint density at radius 2 is 1.96 bits per heavy atom. The van der Waals surface area contributed by atoms with Crippen LogP contribution in [0.15, 0.2) is 42.7 Å². The lowest BCUT2D eigenvalue weighted by Gasteiger charge is -2.08. The van der Waals surface area contributed by atoms with Crippen molar-refractivity contribution >= 4 is 29.1 Å². The summed E-state index contributed by atoms with van der Waals surface area (Å²) in [5.41, 5.74) is 1.09. The predicted octanol–water partition coefficient (Wildman–Crippen LogP) is 3.37. The van der Waals surface area contributed by atoms with Crippen molar-refractivity contribution in [3.05, 3.63) is 64.2 Å². The number of ether oxygens (including phenoxy) is 1. The minimum absolute atomic E-state index is 0.121. The molecule has 0 atom stereocenters. The first kappa shape index (κ1) is 18.3. The van der Waals surface area contributed by atoms with E-state index in [4.69, 9.17) is 27.9 Å². The van der Waals surface area contributed by atoms with Gasteiger partial charge in [0.2, 0.25) is 0 Å². The molecule has 0 spiro atoms. The topological polar surface area (TPSA) is 74.0 Å². The van der Waals surface area contributed by atoms with E-state index in [0.29, 0.717) is 28.0 Å². The van der Waals surface area contributed by atoms with Crippen LogP contribution in [-0.4, -0.2) is 25.5 Å². The van der Waals surface area contributed by atoms with E-state index in [0.717, 1.165) is 12.2 Å². The van der Waals surface area contributed by atoms with Gasteiger partial charge in [0.15, 0.2) is 6.73 Å². The number of benzene rings is 1. The average molecular weight is 394 g/mol. The fraction of sp³-hybridized carbons (Fsp3) is 0.235. The lowest BCUT2D eigenvalue weighted by atomic mass is 10.3. The first-order valence-electron chi connectivity index (χ1n) is 7.97. The van der Waals surface area contributed by atoms with E-state index in [2.05, 4.69) is 15.5 Å². The second kappa shape index (κ2) is 8.25. The van der Waals surface area contributed by atoms with Crippen molar-refractivity contribution < 1.29 is 9.53 Å². The van der Waals surface area contributed by atoms with Crippen LogP contribution in [0.5, 0.6) is 5.75 Å². The Labute approximate surface area is 160 Å². The maximum absolute atomic E-state index is 12.2. The minimum atomic E-state index is -0.278. The smallest absolute Gasteiger partial charge is 0.272 e. The normalized spacial score (nSPS) is 10.7. The second-order valence-corrected chi connectivity index (χ2v) is 6.28. The zero-order valence-corrected chi connectivity index (χ0v) is 15.5. The summed E-state index contributed by atoms with van der Waals surface area (Å²) < 4.78 is 8.89. The standard InChI is InChI=1S/C17H17Cl2N5O2/c1-2-23-7-5-13(21-23)10-20-17(25)15-6-8-24(22-15)11-26-16-4-3-12(18)9-14(16)19/h3-9H,2,10-11H2,1H3,(H,20,25). The molecule has 26 heavy (non-hydrogen) atoms. The molecule has 0 aliphatic heterocycles. The number of amides is 1. The third-order valence-corrected chi connectivity index (χ3v) is 4.10. The molecule has 7 nitrogen and oxygen atoms in total. The SMILES string of the molecule is CCn1ccc(CNC(=O)c2ccn(COc3ccc(Cl)cc3Cl)n2)n1. The van der Waals surface area contributed by atoms with Crippen LogP contribution in [0, 0.1) is 0 Å². The minimum Gasteiger partial charge on any atom is -0.470 e. The molecule has 1 N–H and O–H groups in total. The number of aromatic nitrogens is 4. The van der Waals surface area contributed by atoms with Gasteiger partial charge in [0.05, 0.1) is 17.3 Å². The Bertz CT molecular complexity index is 906. The molecular formula is C17H17Cl2N5O2. The number of carbonyl (C=O) groups excluding carboxylic acids is 1. The van der Waals surface area contributed by atoms with Gasteiger partial charge in [-0.3, -0.25) is 9.48 Å². The molecule has 3 aromatic rings. The molecule has 0 aliphatic carbocycles. The van der Waals surface area contributed by atoms with Crippen LogP contribution in [0.3, 0.4) is 0 Å². The second-order valence-electron chi connectivity index (χ2n) is 5.43. The highest BCUT2D eigenvalue weighted by Crippen LogP contribution is 2.27. The Morgan fingerprint density at radius 3 is 2.69 bits per heavy atom. The number of hydrogen-bond donors (Lipinski definition) is 1. The Morgan fingerprint density at radius 1 is 1.15 bits per heavy atom. The monoisotopic (exact) mass is 393 g/mol. The van der Waals surface area contributed by atoms with Crippen molar-refractivity contribution in [3.63, 3.8) is 0 Å². The van der Waals surface area contributed by atoms with Crippen LogP contribution in [0.2, 0.25) is 10.0 Å². The lowest BCUT2D eigenvalue weighted by Crippen LogP contribution is -2.24. The van der Waals surface area contributed by atoms with Gasteiger partial charge >= 0.3 is 0 Å². The Hall–Kier alpha value is -2.51. The summed E-state index contributed by atoms with van der Waals surface area (Å²) in [5.74, 6) is 0.211. The van der Waals surface area contributed by atoms with Crippen molar-refractivity contribution in [1.82, 2.24) is 24.9 Å². The lowest BCUT2D eigenvalue weighted by molar-refractivity contribution is 0.0943. The van der Waals surface area contributed by atoms with Crippen LogP contribution in [0.4, 0.5) is 0 Å². The fourth-order valence-corrected chi connectivity index (χ4v) is 2.68. The number of hydrogen-bond acceptors (Lipinski definition) is 4. The molecule has 1 aromatic carbocycles. The van der Waals surface area contributed by atoms with Gasteiger partial charge in [-0.1, -0.05) is 23.2 Å². The summed E-state index contributed by atoms with van der Waals surface area (Å²) in [6, 6.07) is 8.45. The third kappa shape index (κ3) is 4.56. The van der Waals surface area contributed by atoms with E-state index in [-0.39, 0.29) is 12.6 Å². The first-order valence-corrected chi connectivity index (χ1v) is 8.72. The molecule has 2 aromatic heterocycles. The van der Waals surface area contributed by atoms with Gasteiger partial charge in [-0.05, 0) is 37.3 Å². The van der Waals surface area contributed by atoms with Gasteiger partial charge < -0.3 is 10.1 Å². The van der Waals surface area contributed by atoms with Gasteiger partial charge in [-0.15, -0.1) is 0 Å². The Kier molecular flexibility index (Phi) is 5.80. The van der Waals surface area contributed by atoms with Gasteiger partial charge in [0.25, 0.3) is 5.91 Å². The van der Waals surface area contributed by atoms with Crippen molar-refractivity contribution in [2.75, 3.05) is 0 Å². The summed E-state index contributed by atoms with van der Waals surface area (Å²) in [5, 5.41) is 12.2. The quantitative estimate of drug-likeness (QED) is 0.667. The average Bonchev–Trinajstić information content (AvgIpc) is 3.28. The van der Waals surface area contributed by atoms with E-state index in [1.807, 2.05) is 19.2 Å².